The fourth-order valence-corrected chi connectivity index (χ4v) is 2.31. The highest BCUT2D eigenvalue weighted by molar-refractivity contribution is 7.71. The molecule has 1 saturated heterocycles. The summed E-state index contributed by atoms with van der Waals surface area (Å²) in [5.41, 5.74) is 6.27. The molecule has 122 valence electrons. The molecule has 3 rings (SSSR count). The minimum atomic E-state index is -1.32. The highest BCUT2D eigenvalue weighted by Gasteiger charge is 2.44. The Balaban J connectivity index is 0.00000176. The molecular formula is C10H15N5O6S. The Labute approximate surface area is 128 Å². The quantitative estimate of drug-likeness (QED) is 0.368. The Morgan fingerprint density at radius 2 is 2.18 bits per heavy atom. The second-order valence-corrected chi connectivity index (χ2v) is 4.89. The Hall–Kier alpha value is -1.83. The number of aromatic nitrogens is 4. The molecule has 11 nitrogen and oxygen atoms in total. The number of aliphatic hydroxyl groups excluding tert-OH is 3. The number of H-pyrrole nitrogens is 1. The summed E-state index contributed by atoms with van der Waals surface area (Å²) in [6.45, 7) is -0.442. The van der Waals surface area contributed by atoms with Gasteiger partial charge < -0.3 is 41.1 Å². The van der Waals surface area contributed by atoms with Crippen LogP contribution in [0.2, 0.25) is 0 Å². The van der Waals surface area contributed by atoms with Crippen molar-refractivity contribution in [2.75, 3.05) is 12.3 Å². The summed E-state index contributed by atoms with van der Waals surface area (Å²) < 4.78 is 6.58. The van der Waals surface area contributed by atoms with Gasteiger partial charge in [0.1, 0.15) is 30.2 Å². The number of aliphatic hydroxyl groups is 3. The average Bonchev–Trinajstić information content (AvgIpc) is 2.96. The lowest BCUT2D eigenvalue weighted by Gasteiger charge is -2.16. The molecule has 0 amide bonds. The zero-order valence-electron chi connectivity index (χ0n) is 11.1. The van der Waals surface area contributed by atoms with Crippen LogP contribution in [0.1, 0.15) is 0 Å². The van der Waals surface area contributed by atoms with Gasteiger partial charge in [0.05, 0.1) is 6.61 Å². The zero-order chi connectivity index (χ0) is 15.1. The average molecular weight is 333 g/mol. The molecule has 0 aromatic carbocycles. The van der Waals surface area contributed by atoms with Crippen LogP contribution in [0.25, 0.3) is 11.2 Å². The predicted molar refractivity (Wildman–Crippen MR) is 75.1 cm³/mol. The number of nitrogens with one attached hydrogen (secondary N) is 1. The van der Waals surface area contributed by atoms with Gasteiger partial charge in [0, 0.05) is 0 Å². The lowest BCUT2D eigenvalue weighted by atomic mass is 10.1. The first-order valence-corrected chi connectivity index (χ1v) is 6.44. The van der Waals surface area contributed by atoms with Gasteiger partial charge in [0.25, 0.3) is 6.29 Å². The van der Waals surface area contributed by atoms with Gasteiger partial charge >= 0.3 is 0 Å². The molecule has 12 heteroatoms. The monoisotopic (exact) mass is 333 g/mol. The SMILES string of the molecule is Nc1nc(=S)c2ncn(OC3O[C@H](CO)[C@@H](O)[C@H]3O)c2[nH]1.O. The molecule has 22 heavy (non-hydrogen) atoms. The molecule has 3 heterocycles. The standard InChI is InChI=1S/C10H13N5O5S.H2O/c11-10-13-7-4(8(21)14-10)12-2-15(7)20-9-6(18)5(17)3(1-16)19-9;/h2-3,5-6,9,16-18H,1H2,(H3,11,13,14,21);1H2/t3-,5-,6-,9?;/m1./s1. The number of aromatic amines is 1. The number of hydrogen-bond donors (Lipinski definition) is 5. The molecule has 1 fully saturated rings. The molecule has 8 N–H and O–H groups in total. The van der Waals surface area contributed by atoms with E-state index in [0.29, 0.717) is 11.2 Å². The number of nitrogens with zero attached hydrogens (tertiary/aromatic N) is 3. The van der Waals surface area contributed by atoms with E-state index in [4.69, 9.17) is 32.6 Å². The molecule has 1 unspecified atom stereocenters. The van der Waals surface area contributed by atoms with Crippen LogP contribution < -0.4 is 10.6 Å². The second-order valence-electron chi connectivity index (χ2n) is 4.51. The maximum absolute atomic E-state index is 9.83. The fraction of sp³-hybridized carbons (Fsp3) is 0.500. The van der Waals surface area contributed by atoms with Crippen LogP contribution in [0.5, 0.6) is 0 Å². The van der Waals surface area contributed by atoms with Gasteiger partial charge in [-0.05, 0) is 0 Å². The highest BCUT2D eigenvalue weighted by Crippen LogP contribution is 2.21. The summed E-state index contributed by atoms with van der Waals surface area (Å²) in [7, 11) is 0. The number of rotatable bonds is 3. The number of ether oxygens (including phenoxy) is 1. The minimum absolute atomic E-state index is 0. The largest absolute Gasteiger partial charge is 0.412 e. The number of nitrogens with two attached hydrogens (primary N) is 1. The summed E-state index contributed by atoms with van der Waals surface area (Å²) >= 11 is 5.02. The first-order valence-electron chi connectivity index (χ1n) is 6.03. The molecule has 0 aliphatic carbocycles. The molecule has 4 atom stereocenters. The number of imidazole rings is 1. The topological polar surface area (TPSA) is 183 Å². The molecule has 0 saturated carbocycles. The van der Waals surface area contributed by atoms with Crippen LogP contribution in [0, 0.1) is 4.64 Å². The molecule has 0 spiro atoms. The van der Waals surface area contributed by atoms with E-state index in [0.717, 1.165) is 0 Å². The first-order chi connectivity index (χ1) is 10.0. The van der Waals surface area contributed by atoms with E-state index in [9.17, 15) is 10.2 Å². The molecule has 1 aliphatic rings. The summed E-state index contributed by atoms with van der Waals surface area (Å²) in [6, 6.07) is 0. The van der Waals surface area contributed by atoms with Crippen LogP contribution in [0.3, 0.4) is 0 Å². The molecular weight excluding hydrogens is 318 g/mol. The maximum atomic E-state index is 9.83. The van der Waals surface area contributed by atoms with Crippen molar-refractivity contribution in [3.05, 3.63) is 11.0 Å². The number of anilines is 1. The van der Waals surface area contributed by atoms with Crippen LogP contribution in [0.15, 0.2) is 6.33 Å². The van der Waals surface area contributed by atoms with E-state index in [1.54, 1.807) is 0 Å². The van der Waals surface area contributed by atoms with Gasteiger partial charge in [-0.2, -0.15) is 4.73 Å². The van der Waals surface area contributed by atoms with Crippen molar-refractivity contribution in [1.82, 2.24) is 19.7 Å². The Morgan fingerprint density at radius 1 is 1.45 bits per heavy atom. The number of hydrogen-bond acceptors (Lipinski definition) is 9. The molecule has 2 aromatic heterocycles. The lowest BCUT2D eigenvalue weighted by Crippen LogP contribution is -2.38. The molecule has 2 aromatic rings. The van der Waals surface area contributed by atoms with Crippen molar-refractivity contribution < 1.29 is 30.4 Å². The van der Waals surface area contributed by atoms with E-state index >= 15 is 0 Å². The van der Waals surface area contributed by atoms with E-state index in [1.165, 1.54) is 11.1 Å². The second kappa shape index (κ2) is 6.12. The van der Waals surface area contributed by atoms with Crippen molar-refractivity contribution in [2.45, 2.75) is 24.6 Å². The predicted octanol–water partition coefficient (Wildman–Crippen LogP) is -2.89. The number of nitrogen functional groups attached to an aromatic ring is 1. The Kier molecular flexibility index (Phi) is 4.60. The fourth-order valence-electron chi connectivity index (χ4n) is 2.06. The van der Waals surface area contributed by atoms with Crippen molar-refractivity contribution in [1.29, 1.82) is 0 Å². The molecule has 0 bridgehead atoms. The normalized spacial score (nSPS) is 27.8. The summed E-state index contributed by atoms with van der Waals surface area (Å²) in [4.78, 5) is 16.0. The van der Waals surface area contributed by atoms with Crippen LogP contribution in [-0.2, 0) is 4.74 Å². The van der Waals surface area contributed by atoms with E-state index in [-0.39, 0.29) is 16.1 Å². The van der Waals surface area contributed by atoms with Gasteiger partial charge in [-0.1, -0.05) is 12.2 Å². The third-order valence-electron chi connectivity index (χ3n) is 3.12. The van der Waals surface area contributed by atoms with Gasteiger partial charge in [-0.3, -0.25) is 0 Å². The third kappa shape index (κ3) is 2.63. The molecule has 0 radical (unpaired) electrons. The molecule has 1 aliphatic heterocycles. The Morgan fingerprint density at radius 3 is 2.82 bits per heavy atom. The third-order valence-corrected chi connectivity index (χ3v) is 3.41. The first kappa shape index (κ1) is 16.5. The smallest absolute Gasteiger partial charge is 0.254 e. The minimum Gasteiger partial charge on any atom is -0.412 e. The summed E-state index contributed by atoms with van der Waals surface area (Å²) in [5, 5.41) is 28.5. The van der Waals surface area contributed by atoms with Gasteiger partial charge in [-0.25, -0.2) is 9.97 Å². The number of fused-ring (bicyclic) bond motifs is 1. The van der Waals surface area contributed by atoms with Crippen molar-refractivity contribution in [3.63, 3.8) is 0 Å². The lowest BCUT2D eigenvalue weighted by molar-refractivity contribution is -0.169. The van der Waals surface area contributed by atoms with Crippen LogP contribution in [-0.4, -0.2) is 71.7 Å². The van der Waals surface area contributed by atoms with E-state index < -0.39 is 31.2 Å². The Bertz CT molecular complexity index is 719. The van der Waals surface area contributed by atoms with Gasteiger partial charge in [0.15, 0.2) is 10.3 Å². The van der Waals surface area contributed by atoms with Crippen LogP contribution in [0.4, 0.5) is 5.95 Å². The van der Waals surface area contributed by atoms with E-state index in [1.807, 2.05) is 0 Å². The van der Waals surface area contributed by atoms with E-state index in [2.05, 4.69) is 15.0 Å². The summed E-state index contributed by atoms with van der Waals surface area (Å²) in [5.74, 6) is 0.0824. The van der Waals surface area contributed by atoms with Crippen molar-refractivity contribution >= 4 is 29.3 Å². The van der Waals surface area contributed by atoms with Crippen LogP contribution >= 0.6 is 12.2 Å². The van der Waals surface area contributed by atoms with Crippen molar-refractivity contribution in [3.8, 4) is 0 Å². The van der Waals surface area contributed by atoms with Gasteiger partial charge in [0.2, 0.25) is 5.95 Å². The maximum Gasteiger partial charge on any atom is 0.254 e. The summed E-state index contributed by atoms with van der Waals surface area (Å²) in [6.07, 6.45) is -3.37. The highest BCUT2D eigenvalue weighted by atomic mass is 32.1. The van der Waals surface area contributed by atoms with Crippen molar-refractivity contribution in [2.24, 2.45) is 0 Å². The van der Waals surface area contributed by atoms with Gasteiger partial charge in [-0.15, -0.1) is 0 Å². The zero-order valence-corrected chi connectivity index (χ0v) is 11.9.